The largest absolute Gasteiger partial charge is 0.497 e. The number of hydrogen-bond acceptors (Lipinski definition) is 10. The lowest BCUT2D eigenvalue weighted by Crippen LogP contribution is -2.27. The van der Waals surface area contributed by atoms with Gasteiger partial charge in [-0.3, -0.25) is 38.5 Å². The smallest absolute Gasteiger partial charge is 0.351 e. The van der Waals surface area contributed by atoms with E-state index >= 15 is 4.39 Å². The Morgan fingerprint density at radius 1 is 1.42 bits per heavy atom. The van der Waals surface area contributed by atoms with Gasteiger partial charge in [-0.1, -0.05) is 13.8 Å². The maximum absolute atomic E-state index is 15.1. The predicted octanol–water partition coefficient (Wildman–Crippen LogP) is 1.63. The highest BCUT2D eigenvalue weighted by atomic mass is 31.2. The molecule has 204 valence electrons. The zero-order valence-corrected chi connectivity index (χ0v) is 21.4. The third kappa shape index (κ3) is 5.97. The Bertz CT molecular complexity index is 1460. The number of pyridine rings is 1. The number of aromatic nitrogens is 5. The lowest BCUT2D eigenvalue weighted by Gasteiger charge is -2.15. The average molecular weight is 552 g/mol. The topological polar surface area (TPSA) is 191 Å². The molecular formula is C22H26FN6O8P. The van der Waals surface area contributed by atoms with Crippen LogP contribution in [0.3, 0.4) is 0 Å². The van der Waals surface area contributed by atoms with Crippen LogP contribution in [0.15, 0.2) is 41.3 Å². The number of aliphatic hydroxyl groups excluding tert-OH is 1. The lowest BCUT2D eigenvalue weighted by atomic mass is 10.1. The molecule has 1 fully saturated rings. The maximum atomic E-state index is 15.1. The summed E-state index contributed by atoms with van der Waals surface area (Å²) >= 11 is 0. The van der Waals surface area contributed by atoms with Crippen molar-refractivity contribution in [3.05, 3.63) is 52.6 Å². The van der Waals surface area contributed by atoms with Crippen molar-refractivity contribution in [3.8, 4) is 5.75 Å². The molecule has 0 spiro atoms. The fraction of sp³-hybridized carbons (Fsp3) is 0.409. The fourth-order valence-corrected chi connectivity index (χ4v) is 4.32. The number of halogens is 1. The number of hydrogen-bond donors (Lipinski definition) is 4. The van der Waals surface area contributed by atoms with Gasteiger partial charge >= 0.3 is 7.60 Å². The summed E-state index contributed by atoms with van der Waals surface area (Å²) in [6.45, 7) is 2.99. The number of ether oxygens (including phenoxy) is 2. The van der Waals surface area contributed by atoms with Crippen molar-refractivity contribution in [2.75, 3.05) is 12.4 Å². The van der Waals surface area contributed by atoms with Gasteiger partial charge < -0.3 is 19.5 Å². The molecule has 4 N–H and O–H groups in total. The van der Waals surface area contributed by atoms with Crippen LogP contribution in [0, 0.1) is 5.92 Å². The number of nitrogens with zero attached hydrogens (tertiary/aromatic N) is 4. The molecule has 4 rings (SSSR count). The van der Waals surface area contributed by atoms with E-state index in [9.17, 15) is 24.2 Å². The summed E-state index contributed by atoms with van der Waals surface area (Å²) in [6, 6.07) is 3.13. The molecule has 3 aromatic heterocycles. The van der Waals surface area contributed by atoms with E-state index < -0.39 is 49.6 Å². The zero-order valence-electron chi connectivity index (χ0n) is 20.5. The van der Waals surface area contributed by atoms with Gasteiger partial charge in [0.1, 0.15) is 18.0 Å². The highest BCUT2D eigenvalue weighted by molar-refractivity contribution is 7.56. The Labute approximate surface area is 215 Å². The van der Waals surface area contributed by atoms with Crippen molar-refractivity contribution >= 4 is 30.6 Å². The van der Waals surface area contributed by atoms with Gasteiger partial charge in [-0.25, -0.2) is 9.37 Å². The quantitative estimate of drug-likeness (QED) is 0.282. The summed E-state index contributed by atoms with van der Waals surface area (Å²) in [5.74, 6) is 0.303. The predicted molar refractivity (Wildman–Crippen MR) is 131 cm³/mol. The molecule has 0 saturated carbocycles. The average Bonchev–Trinajstić information content (AvgIpc) is 3.42. The first-order valence-corrected chi connectivity index (χ1v) is 13.0. The summed E-state index contributed by atoms with van der Waals surface area (Å²) in [6.07, 6.45) is -2.99. The van der Waals surface area contributed by atoms with Crippen LogP contribution in [-0.4, -0.2) is 65.9 Å². The van der Waals surface area contributed by atoms with Crippen LogP contribution in [0.5, 0.6) is 5.75 Å². The van der Waals surface area contributed by atoms with Crippen LogP contribution >= 0.6 is 7.60 Å². The molecule has 1 unspecified atom stereocenters. The van der Waals surface area contributed by atoms with E-state index in [2.05, 4.69) is 25.3 Å². The molecule has 0 bridgehead atoms. The van der Waals surface area contributed by atoms with E-state index in [1.807, 2.05) is 0 Å². The molecule has 38 heavy (non-hydrogen) atoms. The van der Waals surface area contributed by atoms with Crippen LogP contribution in [-0.2, 0) is 25.2 Å². The number of imidazole rings is 1. The van der Waals surface area contributed by atoms with Gasteiger partial charge in [0.2, 0.25) is 11.9 Å². The van der Waals surface area contributed by atoms with E-state index in [1.165, 1.54) is 19.4 Å². The Balaban J connectivity index is 1.50. The van der Waals surface area contributed by atoms with Gasteiger partial charge in [-0.2, -0.15) is 4.98 Å². The van der Waals surface area contributed by atoms with Crippen LogP contribution in [0.1, 0.15) is 25.8 Å². The monoisotopic (exact) mass is 552 g/mol. The number of fused-ring (bicyclic) bond motifs is 1. The number of H-pyrrole nitrogens is 1. The minimum atomic E-state index is -4.33. The molecule has 4 heterocycles. The molecule has 0 aromatic carbocycles. The fourth-order valence-electron chi connectivity index (χ4n) is 3.53. The minimum absolute atomic E-state index is 0.0979. The SMILES string of the molecule is COc1ccnc(COP(=O)(O)/C=C/[C@H]2O[C@@H](n3cnc4c(=O)[nH]c(NC(=O)C(C)C)nc43)[C@H](F)[C@@H]2O)c1. The Morgan fingerprint density at radius 3 is 2.89 bits per heavy atom. The van der Waals surface area contributed by atoms with Gasteiger partial charge in [0.05, 0.1) is 25.7 Å². The molecule has 0 radical (unpaired) electrons. The van der Waals surface area contributed by atoms with E-state index in [1.54, 1.807) is 19.9 Å². The number of amides is 1. The second kappa shape index (κ2) is 11.1. The number of aromatic amines is 1. The van der Waals surface area contributed by atoms with E-state index in [-0.39, 0.29) is 23.7 Å². The second-order valence-corrected chi connectivity index (χ2v) is 10.4. The van der Waals surface area contributed by atoms with Gasteiger partial charge in [0.15, 0.2) is 23.6 Å². The number of methoxy groups -OCH3 is 1. The number of rotatable bonds is 9. The van der Waals surface area contributed by atoms with Crippen molar-refractivity contribution in [2.24, 2.45) is 5.92 Å². The summed E-state index contributed by atoms with van der Waals surface area (Å²) in [4.78, 5) is 49.0. The highest BCUT2D eigenvalue weighted by Gasteiger charge is 2.45. The Hall–Kier alpha value is -3.49. The normalized spacial score (nSPS) is 23.2. The number of anilines is 1. The van der Waals surface area contributed by atoms with Crippen molar-refractivity contribution < 1.29 is 37.7 Å². The molecule has 5 atom stereocenters. The first-order chi connectivity index (χ1) is 18.0. The van der Waals surface area contributed by atoms with Crippen LogP contribution in [0.25, 0.3) is 11.2 Å². The van der Waals surface area contributed by atoms with Gasteiger partial charge in [-0.15, -0.1) is 0 Å². The van der Waals surface area contributed by atoms with Crippen LogP contribution < -0.4 is 15.6 Å². The third-order valence-corrected chi connectivity index (χ3v) is 6.64. The number of carbonyl (C=O) groups excluding carboxylic acids is 1. The standard InChI is InChI=1S/C22H26FN6O8P/c1-11(2)19(31)27-22-26-18-16(20(32)28-22)25-10-29(18)21-15(23)17(30)14(37-21)5-7-38(33,34)36-9-12-8-13(35-3)4-6-24-12/h4-8,10-11,14-15,17,21,30H,9H2,1-3H3,(H,33,34)(H2,26,27,28,31,32)/b7-5+/t14-,15-,17-,21-/m1/s1. The summed E-state index contributed by atoms with van der Waals surface area (Å²) in [5.41, 5.74) is -0.580. The van der Waals surface area contributed by atoms with Gasteiger partial charge in [-0.05, 0) is 12.1 Å². The molecule has 16 heteroatoms. The van der Waals surface area contributed by atoms with E-state index in [0.29, 0.717) is 11.4 Å². The van der Waals surface area contributed by atoms with Crippen molar-refractivity contribution in [1.29, 1.82) is 0 Å². The highest BCUT2D eigenvalue weighted by Crippen LogP contribution is 2.45. The molecule has 1 aliphatic rings. The first-order valence-electron chi connectivity index (χ1n) is 11.4. The first kappa shape index (κ1) is 27.5. The molecule has 14 nitrogen and oxygen atoms in total. The summed E-state index contributed by atoms with van der Waals surface area (Å²) < 4.78 is 44.3. The summed E-state index contributed by atoms with van der Waals surface area (Å²) in [5, 5.41) is 12.8. The second-order valence-electron chi connectivity index (χ2n) is 8.67. The maximum Gasteiger partial charge on any atom is 0.351 e. The number of alkyl halides is 1. The molecule has 0 aliphatic carbocycles. The van der Waals surface area contributed by atoms with Crippen LogP contribution in [0.2, 0.25) is 0 Å². The van der Waals surface area contributed by atoms with Crippen molar-refractivity contribution in [3.63, 3.8) is 0 Å². The van der Waals surface area contributed by atoms with Crippen LogP contribution in [0.4, 0.5) is 10.3 Å². The van der Waals surface area contributed by atoms with Crippen molar-refractivity contribution in [2.45, 2.75) is 45.1 Å². The molecular weight excluding hydrogens is 526 g/mol. The number of nitrogens with one attached hydrogen (secondary N) is 2. The summed E-state index contributed by atoms with van der Waals surface area (Å²) in [7, 11) is -2.87. The molecule has 1 saturated heterocycles. The number of carbonyl (C=O) groups is 1. The molecule has 1 amide bonds. The number of aliphatic hydroxyl groups is 1. The Morgan fingerprint density at radius 2 is 2.18 bits per heavy atom. The van der Waals surface area contributed by atoms with E-state index in [0.717, 1.165) is 22.8 Å². The third-order valence-electron chi connectivity index (χ3n) is 5.59. The molecule has 1 aliphatic heterocycles. The molecule has 3 aromatic rings. The minimum Gasteiger partial charge on any atom is -0.497 e. The van der Waals surface area contributed by atoms with Crippen molar-refractivity contribution in [1.82, 2.24) is 24.5 Å². The van der Waals surface area contributed by atoms with Gasteiger partial charge in [0, 0.05) is 24.0 Å². The zero-order chi connectivity index (χ0) is 27.6. The van der Waals surface area contributed by atoms with Gasteiger partial charge in [0.25, 0.3) is 5.56 Å². The van der Waals surface area contributed by atoms with E-state index in [4.69, 9.17) is 14.0 Å². The Kier molecular flexibility index (Phi) is 8.04. The lowest BCUT2D eigenvalue weighted by molar-refractivity contribution is -0.118.